The summed E-state index contributed by atoms with van der Waals surface area (Å²) in [5.41, 5.74) is 4.71. The van der Waals surface area contributed by atoms with Crippen molar-refractivity contribution in [1.82, 2.24) is 9.88 Å². The molecule has 0 radical (unpaired) electrons. The van der Waals surface area contributed by atoms with E-state index in [-0.39, 0.29) is 12.0 Å². The quantitative estimate of drug-likeness (QED) is 0.355. The number of aryl methyl sites for hydroxylation is 2. The zero-order valence-electron chi connectivity index (χ0n) is 24.1. The second-order valence-corrected chi connectivity index (χ2v) is 12.2. The maximum absolute atomic E-state index is 15.4. The number of halogens is 1. The first-order chi connectivity index (χ1) is 19.3. The molecule has 40 heavy (non-hydrogen) atoms. The van der Waals surface area contributed by atoms with Gasteiger partial charge in [-0.3, -0.25) is 9.69 Å². The first kappa shape index (κ1) is 29.0. The van der Waals surface area contributed by atoms with Gasteiger partial charge in [-0.05, 0) is 87.2 Å². The summed E-state index contributed by atoms with van der Waals surface area (Å²) in [5, 5.41) is 13.7. The molecule has 1 aromatic heterocycles. The lowest BCUT2D eigenvalue weighted by Gasteiger charge is -2.38. The van der Waals surface area contributed by atoms with Crippen molar-refractivity contribution in [2.75, 3.05) is 32.1 Å². The molecular weight excluding hydrogens is 509 g/mol. The van der Waals surface area contributed by atoms with Gasteiger partial charge < -0.3 is 19.9 Å². The second kappa shape index (κ2) is 12.5. The van der Waals surface area contributed by atoms with Gasteiger partial charge in [-0.25, -0.2) is 9.37 Å². The number of carbonyl (C=O) groups is 1. The Hall–Kier alpha value is -2.55. The number of anilines is 1. The number of fused-ring (bicyclic) bond motifs is 2. The van der Waals surface area contributed by atoms with Gasteiger partial charge in [0.15, 0.2) is 0 Å². The number of hydrogen-bond donors (Lipinski definition) is 2. The van der Waals surface area contributed by atoms with E-state index in [0.29, 0.717) is 39.0 Å². The molecule has 4 heterocycles. The van der Waals surface area contributed by atoms with Crippen molar-refractivity contribution in [2.24, 2.45) is 5.92 Å². The number of alkyl halides is 1. The highest BCUT2D eigenvalue weighted by atomic mass is 19.1. The zero-order chi connectivity index (χ0) is 28.3. The number of ether oxygens (including phenoxy) is 2. The predicted octanol–water partition coefficient (Wildman–Crippen LogP) is 5.50. The number of nitrogens with zero attached hydrogens (tertiary/aromatic N) is 2. The van der Waals surface area contributed by atoms with Crippen LogP contribution in [0.15, 0.2) is 30.3 Å². The predicted molar refractivity (Wildman–Crippen MR) is 153 cm³/mol. The molecule has 0 saturated carbocycles. The van der Waals surface area contributed by atoms with Crippen LogP contribution in [-0.4, -0.2) is 65.6 Å². The molecule has 2 aromatic rings. The fourth-order valence-corrected chi connectivity index (χ4v) is 6.53. The van der Waals surface area contributed by atoms with Crippen LogP contribution in [0.1, 0.15) is 79.9 Å². The zero-order valence-corrected chi connectivity index (χ0v) is 24.1. The van der Waals surface area contributed by atoms with Crippen molar-refractivity contribution < 1.29 is 23.8 Å². The van der Waals surface area contributed by atoms with Crippen LogP contribution in [0.4, 0.5) is 10.2 Å². The van der Waals surface area contributed by atoms with Crippen molar-refractivity contribution in [1.29, 1.82) is 0 Å². The number of aromatic nitrogens is 1. The van der Waals surface area contributed by atoms with Gasteiger partial charge in [-0.2, -0.15) is 0 Å². The molecule has 7 nitrogen and oxygen atoms in total. The summed E-state index contributed by atoms with van der Waals surface area (Å²) in [7, 11) is 1.67. The summed E-state index contributed by atoms with van der Waals surface area (Å²) >= 11 is 0. The number of pyridine rings is 1. The van der Waals surface area contributed by atoms with Crippen molar-refractivity contribution in [3.05, 3.63) is 58.3 Å². The van der Waals surface area contributed by atoms with Crippen LogP contribution in [0, 0.1) is 5.92 Å². The molecule has 5 rings (SSSR count). The average Bonchev–Trinajstić information content (AvgIpc) is 3.44. The van der Waals surface area contributed by atoms with Crippen LogP contribution in [0.2, 0.25) is 0 Å². The third kappa shape index (κ3) is 6.34. The van der Waals surface area contributed by atoms with E-state index in [2.05, 4.69) is 17.4 Å². The molecule has 218 valence electrons. The van der Waals surface area contributed by atoms with Crippen molar-refractivity contribution in [3.63, 3.8) is 0 Å². The number of carboxylic acids is 1. The van der Waals surface area contributed by atoms with Crippen LogP contribution in [0.25, 0.3) is 0 Å². The van der Waals surface area contributed by atoms with Crippen LogP contribution in [0.3, 0.4) is 0 Å². The highest BCUT2D eigenvalue weighted by Crippen LogP contribution is 2.37. The minimum absolute atomic E-state index is 0.143. The van der Waals surface area contributed by atoms with E-state index < -0.39 is 23.8 Å². The number of methoxy groups -OCH3 is 1. The Balaban J connectivity index is 1.18. The fraction of sp³-hybridized carbons (Fsp3) is 0.625. The van der Waals surface area contributed by atoms with Gasteiger partial charge in [0.05, 0.1) is 18.3 Å². The van der Waals surface area contributed by atoms with Gasteiger partial charge in [-0.1, -0.05) is 30.7 Å². The Morgan fingerprint density at radius 3 is 2.92 bits per heavy atom. The van der Waals surface area contributed by atoms with Crippen molar-refractivity contribution in [3.8, 4) is 0 Å². The van der Waals surface area contributed by atoms with E-state index in [1.807, 2.05) is 36.9 Å². The summed E-state index contributed by atoms with van der Waals surface area (Å²) in [4.78, 5) is 19.3. The molecule has 4 atom stereocenters. The van der Waals surface area contributed by atoms with E-state index in [1.54, 1.807) is 7.11 Å². The molecule has 0 bridgehead atoms. The van der Waals surface area contributed by atoms with E-state index in [0.717, 1.165) is 66.9 Å². The largest absolute Gasteiger partial charge is 0.480 e. The molecule has 3 aliphatic heterocycles. The van der Waals surface area contributed by atoms with Crippen LogP contribution < -0.4 is 5.32 Å². The highest BCUT2D eigenvalue weighted by Gasteiger charge is 2.40. The summed E-state index contributed by atoms with van der Waals surface area (Å²) in [5.74, 6) is -0.0159. The Morgan fingerprint density at radius 2 is 2.12 bits per heavy atom. The number of likely N-dealkylation sites (tertiary alicyclic amines) is 1. The standard InChI is InChI=1S/C32H44FN3O4/c1-32(2,39-3)28-18-26-23(20-40-28)8-6-11-25(26)29(31(37)38)36-17-15-22(19-36)27(33)12-5-4-10-24-14-13-21-9-7-16-34-30(21)35-24/h6,8,11,13-14,22,27-29H,4-5,7,9-10,12,15-20H2,1-3H3,(H,34,35)(H,37,38)/t22?,27?,28-,29+/m0/s1. The summed E-state index contributed by atoms with van der Waals surface area (Å²) in [6.07, 6.45) is 5.45. The average molecular weight is 554 g/mol. The molecule has 3 aliphatic rings. The number of benzene rings is 1. The highest BCUT2D eigenvalue weighted by molar-refractivity contribution is 5.76. The smallest absolute Gasteiger partial charge is 0.325 e. The first-order valence-electron chi connectivity index (χ1n) is 14.9. The van der Waals surface area contributed by atoms with E-state index >= 15 is 4.39 Å². The summed E-state index contributed by atoms with van der Waals surface area (Å²) in [6, 6.07) is 9.32. The maximum atomic E-state index is 15.4. The SMILES string of the molecule is COC(C)(C)[C@@H]1Cc2c(cccc2[C@H](C(=O)O)N2CCC(C(F)CCCCc3ccc4c(n3)NCCC4)C2)CO1. The number of hydrogen-bond acceptors (Lipinski definition) is 6. The van der Waals surface area contributed by atoms with Crippen LogP contribution in [-0.2, 0) is 40.1 Å². The summed E-state index contributed by atoms with van der Waals surface area (Å²) < 4.78 is 27.1. The molecule has 2 unspecified atom stereocenters. The van der Waals surface area contributed by atoms with Gasteiger partial charge in [-0.15, -0.1) is 0 Å². The third-order valence-corrected chi connectivity index (χ3v) is 9.22. The Labute approximate surface area is 237 Å². The number of unbranched alkanes of at least 4 members (excludes halogenated alkanes) is 1. The maximum Gasteiger partial charge on any atom is 0.325 e. The number of carboxylic acid groups (broad SMARTS) is 1. The molecule has 0 spiro atoms. The van der Waals surface area contributed by atoms with Gasteiger partial charge in [0.25, 0.3) is 0 Å². The summed E-state index contributed by atoms with van der Waals surface area (Å²) in [6.45, 7) is 6.44. The number of nitrogens with one attached hydrogen (secondary N) is 1. The lowest BCUT2D eigenvalue weighted by Crippen LogP contribution is -2.44. The minimum atomic E-state index is -0.928. The van der Waals surface area contributed by atoms with Crippen LogP contribution >= 0.6 is 0 Å². The molecule has 0 aliphatic carbocycles. The van der Waals surface area contributed by atoms with E-state index in [4.69, 9.17) is 14.5 Å². The first-order valence-corrected chi connectivity index (χ1v) is 14.9. The van der Waals surface area contributed by atoms with E-state index in [9.17, 15) is 9.90 Å². The van der Waals surface area contributed by atoms with Gasteiger partial charge in [0.1, 0.15) is 18.0 Å². The number of aliphatic carboxylic acids is 1. The fourth-order valence-electron chi connectivity index (χ4n) is 6.53. The van der Waals surface area contributed by atoms with Crippen molar-refractivity contribution >= 4 is 11.8 Å². The second-order valence-electron chi connectivity index (χ2n) is 12.2. The van der Waals surface area contributed by atoms with Gasteiger partial charge in [0, 0.05) is 38.2 Å². The van der Waals surface area contributed by atoms with Crippen LogP contribution in [0.5, 0.6) is 0 Å². The van der Waals surface area contributed by atoms with E-state index in [1.165, 1.54) is 5.56 Å². The van der Waals surface area contributed by atoms with Gasteiger partial charge in [0.2, 0.25) is 0 Å². The molecular formula is C32H44FN3O4. The Morgan fingerprint density at radius 1 is 1.27 bits per heavy atom. The molecule has 1 aromatic carbocycles. The Bertz CT molecular complexity index is 1190. The molecule has 1 saturated heterocycles. The lowest BCUT2D eigenvalue weighted by molar-refractivity contribution is -0.143. The third-order valence-electron chi connectivity index (χ3n) is 9.22. The number of rotatable bonds is 11. The topological polar surface area (TPSA) is 83.9 Å². The molecule has 0 amide bonds. The molecule has 1 fully saturated rings. The minimum Gasteiger partial charge on any atom is -0.480 e. The van der Waals surface area contributed by atoms with Crippen molar-refractivity contribution in [2.45, 2.75) is 95.7 Å². The van der Waals surface area contributed by atoms with Gasteiger partial charge >= 0.3 is 5.97 Å². The normalized spacial score (nSPS) is 22.7. The molecule has 2 N–H and O–H groups in total. The Kier molecular flexibility index (Phi) is 9.08. The lowest BCUT2D eigenvalue weighted by atomic mass is 9.85. The molecule has 8 heteroatoms. The monoisotopic (exact) mass is 553 g/mol.